The molecule has 174 valence electrons. The lowest BCUT2D eigenvalue weighted by molar-refractivity contribution is -0.145. The van der Waals surface area contributed by atoms with E-state index in [4.69, 9.17) is 26.6 Å². The molecule has 3 aromatic rings. The molecule has 2 atom stereocenters. The fourth-order valence-corrected chi connectivity index (χ4v) is 3.47. The number of hydrogen-bond donors (Lipinski definition) is 3. The number of benzene rings is 2. The molecule has 0 fully saturated rings. The minimum absolute atomic E-state index is 0.0926. The van der Waals surface area contributed by atoms with E-state index < -0.39 is 35.7 Å². The predicted molar refractivity (Wildman–Crippen MR) is 119 cm³/mol. The van der Waals surface area contributed by atoms with Gasteiger partial charge in [-0.1, -0.05) is 35.9 Å². The summed E-state index contributed by atoms with van der Waals surface area (Å²) in [6, 6.07) is 10.9. The molecule has 3 rings (SSSR count). The smallest absolute Gasteiger partial charge is 0.322 e. The van der Waals surface area contributed by atoms with Gasteiger partial charge in [0, 0.05) is 16.6 Å². The van der Waals surface area contributed by atoms with E-state index in [1.807, 2.05) is 0 Å². The summed E-state index contributed by atoms with van der Waals surface area (Å²) >= 11 is 5.98. The van der Waals surface area contributed by atoms with Gasteiger partial charge in [-0.2, -0.15) is 0 Å². The molecule has 8 nitrogen and oxygen atoms in total. The van der Waals surface area contributed by atoms with E-state index in [-0.39, 0.29) is 18.8 Å². The van der Waals surface area contributed by atoms with Crippen molar-refractivity contribution in [3.05, 3.63) is 70.7 Å². The van der Waals surface area contributed by atoms with Gasteiger partial charge in [0.1, 0.15) is 11.9 Å². The van der Waals surface area contributed by atoms with Crippen LogP contribution in [0.1, 0.15) is 29.5 Å². The van der Waals surface area contributed by atoms with Crippen LogP contribution in [-0.2, 0) is 16.0 Å². The fraction of sp³-hybridized carbons (Fsp3) is 0.261. The summed E-state index contributed by atoms with van der Waals surface area (Å²) in [6.45, 7) is 1.85. The first-order chi connectivity index (χ1) is 15.8. The average Bonchev–Trinajstić information content (AvgIpc) is 3.22. The van der Waals surface area contributed by atoms with Crippen LogP contribution in [0.3, 0.4) is 0 Å². The van der Waals surface area contributed by atoms with Crippen molar-refractivity contribution in [2.75, 3.05) is 6.61 Å². The van der Waals surface area contributed by atoms with Crippen molar-refractivity contribution < 1.29 is 28.3 Å². The van der Waals surface area contributed by atoms with E-state index in [2.05, 4.69) is 10.5 Å². The Kier molecular flexibility index (Phi) is 8.02. The lowest BCUT2D eigenvalue weighted by Gasteiger charge is -2.21. The molecule has 1 aromatic heterocycles. The topological polar surface area (TPSA) is 128 Å². The highest BCUT2D eigenvalue weighted by molar-refractivity contribution is 6.30. The molecule has 2 aromatic carbocycles. The SMILES string of the molecule is CCOC(=O)[C@H](N)C[C@@H](Cc1ccc(-c2cc(Cl)ccc2F)cc1)NC(=O)c1cc(O)no1. The van der Waals surface area contributed by atoms with Crippen LogP contribution < -0.4 is 11.1 Å². The standard InChI is InChI=1S/C23H23ClFN3O5/c1-2-32-23(31)19(26)11-16(27-22(30)20-12-21(29)28-33-20)9-13-3-5-14(6-4-13)17-10-15(24)7-8-18(17)25/h3-8,10,12,16,19H,2,9,11,26H2,1H3,(H,27,30)(H,28,29)/t16-,19-/m1/s1. The highest BCUT2D eigenvalue weighted by Crippen LogP contribution is 2.26. The molecule has 0 radical (unpaired) electrons. The van der Waals surface area contributed by atoms with Crippen LogP contribution >= 0.6 is 11.6 Å². The molecule has 1 heterocycles. The van der Waals surface area contributed by atoms with Crippen molar-refractivity contribution >= 4 is 23.5 Å². The quantitative estimate of drug-likeness (QED) is 0.404. The number of nitrogens with zero attached hydrogens (tertiary/aromatic N) is 1. The van der Waals surface area contributed by atoms with Crippen LogP contribution in [0, 0.1) is 5.82 Å². The Labute approximate surface area is 194 Å². The van der Waals surface area contributed by atoms with Crippen molar-refractivity contribution in [1.29, 1.82) is 0 Å². The van der Waals surface area contributed by atoms with E-state index in [0.717, 1.165) is 11.6 Å². The number of nitrogens with two attached hydrogens (primary N) is 1. The second-order valence-electron chi connectivity index (χ2n) is 7.34. The Morgan fingerprint density at radius 1 is 1.24 bits per heavy atom. The lowest BCUT2D eigenvalue weighted by Crippen LogP contribution is -2.44. The number of amides is 1. The summed E-state index contributed by atoms with van der Waals surface area (Å²) in [4.78, 5) is 24.5. The van der Waals surface area contributed by atoms with Gasteiger partial charge >= 0.3 is 5.97 Å². The minimum Gasteiger partial charge on any atom is -0.491 e. The molecule has 0 aliphatic carbocycles. The molecule has 0 aliphatic heterocycles. The number of carbonyl (C=O) groups is 2. The zero-order chi connectivity index (χ0) is 24.0. The first kappa shape index (κ1) is 24.2. The number of halogens is 2. The second-order valence-corrected chi connectivity index (χ2v) is 7.78. The zero-order valence-corrected chi connectivity index (χ0v) is 18.5. The third-order valence-electron chi connectivity index (χ3n) is 4.86. The van der Waals surface area contributed by atoms with Gasteiger partial charge in [-0.05, 0) is 54.2 Å². The van der Waals surface area contributed by atoms with Crippen molar-refractivity contribution in [1.82, 2.24) is 10.5 Å². The molecule has 0 saturated heterocycles. The molecule has 0 aliphatic rings. The summed E-state index contributed by atoms with van der Waals surface area (Å²) in [7, 11) is 0. The van der Waals surface area contributed by atoms with Crippen LogP contribution in [0.25, 0.3) is 11.1 Å². The van der Waals surface area contributed by atoms with Gasteiger partial charge < -0.3 is 25.4 Å². The summed E-state index contributed by atoms with van der Waals surface area (Å²) in [5.41, 5.74) is 7.77. The number of nitrogens with one attached hydrogen (secondary N) is 1. The van der Waals surface area contributed by atoms with Gasteiger partial charge in [-0.15, -0.1) is 0 Å². The predicted octanol–water partition coefficient (Wildman–Crippen LogP) is 3.46. The van der Waals surface area contributed by atoms with E-state index in [0.29, 0.717) is 22.6 Å². The first-order valence-electron chi connectivity index (χ1n) is 10.2. The normalized spacial score (nSPS) is 12.7. The molecular formula is C23H23ClFN3O5. The van der Waals surface area contributed by atoms with Crippen molar-refractivity contribution in [3.8, 4) is 17.0 Å². The Morgan fingerprint density at radius 3 is 2.61 bits per heavy atom. The third-order valence-corrected chi connectivity index (χ3v) is 5.10. The minimum atomic E-state index is -0.960. The molecule has 10 heteroatoms. The van der Waals surface area contributed by atoms with Crippen molar-refractivity contribution in [2.24, 2.45) is 5.73 Å². The van der Waals surface area contributed by atoms with Gasteiger partial charge in [0.05, 0.1) is 12.7 Å². The first-order valence-corrected chi connectivity index (χ1v) is 10.6. The van der Waals surface area contributed by atoms with Gasteiger partial charge in [0.25, 0.3) is 11.8 Å². The molecule has 0 unspecified atom stereocenters. The van der Waals surface area contributed by atoms with Crippen LogP contribution in [0.5, 0.6) is 5.88 Å². The number of hydrogen-bond acceptors (Lipinski definition) is 7. The highest BCUT2D eigenvalue weighted by atomic mass is 35.5. The Balaban J connectivity index is 1.77. The third kappa shape index (κ3) is 6.53. The molecular weight excluding hydrogens is 453 g/mol. The highest BCUT2D eigenvalue weighted by Gasteiger charge is 2.24. The number of aromatic hydroxyl groups is 1. The van der Waals surface area contributed by atoms with E-state index in [9.17, 15) is 19.1 Å². The van der Waals surface area contributed by atoms with Gasteiger partial charge in [-0.25, -0.2) is 4.39 Å². The monoisotopic (exact) mass is 475 g/mol. The van der Waals surface area contributed by atoms with Gasteiger partial charge in [-0.3, -0.25) is 9.59 Å². The molecule has 33 heavy (non-hydrogen) atoms. The summed E-state index contributed by atoms with van der Waals surface area (Å²) < 4.78 is 23.9. The molecule has 1 amide bonds. The Bertz CT molecular complexity index is 1120. The summed E-state index contributed by atoms with van der Waals surface area (Å²) in [6.07, 6.45) is 0.409. The molecule has 0 saturated carbocycles. The van der Waals surface area contributed by atoms with Crippen LogP contribution in [-0.4, -0.2) is 40.8 Å². The molecule has 0 bridgehead atoms. The number of aromatic nitrogens is 1. The second kappa shape index (κ2) is 10.9. The zero-order valence-electron chi connectivity index (χ0n) is 17.8. The van der Waals surface area contributed by atoms with E-state index in [1.165, 1.54) is 12.1 Å². The number of carbonyl (C=O) groups excluding carboxylic acids is 2. The maximum atomic E-state index is 14.2. The number of esters is 1. The largest absolute Gasteiger partial charge is 0.491 e. The number of rotatable bonds is 9. The maximum Gasteiger partial charge on any atom is 0.322 e. The van der Waals surface area contributed by atoms with E-state index in [1.54, 1.807) is 37.3 Å². The van der Waals surface area contributed by atoms with Crippen molar-refractivity contribution in [2.45, 2.75) is 31.8 Å². The Hall–Kier alpha value is -3.43. The molecule has 4 N–H and O–H groups in total. The summed E-state index contributed by atoms with van der Waals surface area (Å²) in [5, 5.41) is 15.7. The average molecular weight is 476 g/mol. The Morgan fingerprint density at radius 2 is 1.97 bits per heavy atom. The van der Waals surface area contributed by atoms with E-state index >= 15 is 0 Å². The lowest BCUT2D eigenvalue weighted by atomic mass is 9.97. The van der Waals surface area contributed by atoms with Gasteiger partial charge in [0.2, 0.25) is 5.76 Å². The van der Waals surface area contributed by atoms with Crippen LogP contribution in [0.4, 0.5) is 4.39 Å². The maximum absolute atomic E-state index is 14.2. The fourth-order valence-electron chi connectivity index (χ4n) is 3.30. The van der Waals surface area contributed by atoms with Crippen molar-refractivity contribution in [3.63, 3.8) is 0 Å². The van der Waals surface area contributed by atoms with Gasteiger partial charge in [0.15, 0.2) is 0 Å². The molecule has 0 spiro atoms. The number of ether oxygens (including phenoxy) is 1. The van der Waals surface area contributed by atoms with Crippen LogP contribution in [0.15, 0.2) is 53.1 Å². The summed E-state index contributed by atoms with van der Waals surface area (Å²) in [5.74, 6) is -2.21. The van der Waals surface area contributed by atoms with Crippen LogP contribution in [0.2, 0.25) is 5.02 Å².